The Kier molecular flexibility index (Phi) is 8.38. The molecule has 2 unspecified atom stereocenters. The van der Waals surface area contributed by atoms with E-state index in [9.17, 15) is 9.59 Å². The maximum absolute atomic E-state index is 13.5. The lowest BCUT2D eigenvalue weighted by atomic mass is 10.1. The summed E-state index contributed by atoms with van der Waals surface area (Å²) in [5.74, 6) is 0.258. The first kappa shape index (κ1) is 23.6. The molecule has 34 heavy (non-hydrogen) atoms. The van der Waals surface area contributed by atoms with Crippen LogP contribution in [0.15, 0.2) is 71.3 Å². The molecule has 1 heterocycles. The van der Waals surface area contributed by atoms with Crippen molar-refractivity contribution >= 4 is 11.9 Å². The number of hydrogen-bond acceptors (Lipinski definition) is 4. The third-order valence-electron chi connectivity index (χ3n) is 5.51. The second kappa shape index (κ2) is 12.1. The number of carbonyl (C=O) groups excluding carboxylic acids is 1. The summed E-state index contributed by atoms with van der Waals surface area (Å²) in [5, 5.41) is 8.80. The molecule has 0 aliphatic heterocycles. The number of carboxylic acid groups (broad SMARTS) is 1. The van der Waals surface area contributed by atoms with Crippen molar-refractivity contribution in [2.75, 3.05) is 0 Å². The highest BCUT2D eigenvalue weighted by atomic mass is 16.5. The standard InChI is InChI=1S/C28H33NO5/c1-20(2)29(28(32)23-16-14-22(15-17-23)25-12-8-18-33-25)19-24-10-5-6-11-26(24)34-21(3)9-4-7-13-27(30)31/h5-6,8,10-12,14-18,20-21H,4,7,9,13,19H2,1-3H3,(H,30,31)/i19D. The number of hydrogen-bond donors (Lipinski definition) is 1. The van der Waals surface area contributed by atoms with Crippen molar-refractivity contribution in [1.29, 1.82) is 0 Å². The summed E-state index contributed by atoms with van der Waals surface area (Å²) in [6, 6.07) is 18.0. The van der Waals surface area contributed by atoms with Gasteiger partial charge in [-0.1, -0.05) is 30.3 Å². The van der Waals surface area contributed by atoms with Gasteiger partial charge in [0.05, 0.1) is 13.7 Å². The predicted molar refractivity (Wildman–Crippen MR) is 132 cm³/mol. The van der Waals surface area contributed by atoms with Gasteiger partial charge >= 0.3 is 5.97 Å². The molecule has 0 saturated heterocycles. The molecule has 0 bridgehead atoms. The number of aliphatic carboxylic acids is 1. The molecule has 0 radical (unpaired) electrons. The second-order valence-corrected chi connectivity index (χ2v) is 8.60. The van der Waals surface area contributed by atoms with Crippen molar-refractivity contribution in [3.63, 3.8) is 0 Å². The molecule has 0 saturated carbocycles. The van der Waals surface area contributed by atoms with E-state index in [0.717, 1.165) is 17.7 Å². The van der Waals surface area contributed by atoms with E-state index in [-0.39, 0.29) is 24.5 Å². The van der Waals surface area contributed by atoms with Crippen LogP contribution in [0, 0.1) is 0 Å². The topological polar surface area (TPSA) is 80.0 Å². The van der Waals surface area contributed by atoms with Crippen LogP contribution in [0.4, 0.5) is 0 Å². The quantitative estimate of drug-likeness (QED) is 0.313. The predicted octanol–water partition coefficient (Wildman–Crippen LogP) is 6.41. The van der Waals surface area contributed by atoms with E-state index in [0.29, 0.717) is 29.7 Å². The molecular formula is C28H33NO5. The Balaban J connectivity index is 1.75. The zero-order valence-electron chi connectivity index (χ0n) is 20.9. The first-order chi connectivity index (χ1) is 16.8. The normalized spacial score (nSPS) is 13.2. The molecule has 1 N–H and O–H groups in total. The zero-order valence-corrected chi connectivity index (χ0v) is 19.9. The number of carboxylic acids is 1. The fraction of sp³-hybridized carbons (Fsp3) is 0.357. The van der Waals surface area contributed by atoms with E-state index in [1.807, 2.05) is 69.3 Å². The van der Waals surface area contributed by atoms with E-state index < -0.39 is 12.5 Å². The average molecular weight is 465 g/mol. The van der Waals surface area contributed by atoms with E-state index in [1.54, 1.807) is 23.3 Å². The molecule has 0 aliphatic rings. The van der Waals surface area contributed by atoms with Crippen molar-refractivity contribution in [2.45, 2.75) is 65.1 Å². The molecular weight excluding hydrogens is 430 g/mol. The summed E-state index contributed by atoms with van der Waals surface area (Å²) < 4.78 is 20.5. The molecule has 6 heteroatoms. The number of nitrogens with zero attached hydrogens (tertiary/aromatic N) is 1. The van der Waals surface area contributed by atoms with Gasteiger partial charge in [0.25, 0.3) is 5.91 Å². The molecule has 0 fully saturated rings. The monoisotopic (exact) mass is 464 g/mol. The van der Waals surface area contributed by atoms with Crippen LogP contribution in [0.2, 0.25) is 0 Å². The van der Waals surface area contributed by atoms with Crippen molar-refractivity contribution in [3.05, 3.63) is 78.1 Å². The molecule has 1 aromatic heterocycles. The molecule has 180 valence electrons. The first-order valence-electron chi connectivity index (χ1n) is 12.2. The number of furan rings is 1. The fourth-order valence-corrected chi connectivity index (χ4v) is 3.64. The highest BCUT2D eigenvalue weighted by Gasteiger charge is 2.21. The smallest absolute Gasteiger partial charge is 0.303 e. The van der Waals surface area contributed by atoms with Gasteiger partial charge in [0.1, 0.15) is 11.5 Å². The van der Waals surface area contributed by atoms with Crippen LogP contribution in [0.3, 0.4) is 0 Å². The summed E-state index contributed by atoms with van der Waals surface area (Å²) in [4.78, 5) is 25.7. The summed E-state index contributed by atoms with van der Waals surface area (Å²) in [6.07, 6.45) is 3.65. The Hall–Kier alpha value is -3.54. The van der Waals surface area contributed by atoms with Crippen molar-refractivity contribution in [3.8, 4) is 17.1 Å². The number of carbonyl (C=O) groups is 2. The zero-order chi connectivity index (χ0) is 25.4. The number of benzene rings is 2. The first-order valence-corrected chi connectivity index (χ1v) is 11.6. The van der Waals surface area contributed by atoms with Crippen LogP contribution in [0.5, 0.6) is 5.75 Å². The van der Waals surface area contributed by atoms with Crippen LogP contribution in [-0.4, -0.2) is 34.0 Å². The van der Waals surface area contributed by atoms with E-state index in [2.05, 4.69) is 0 Å². The fourth-order valence-electron chi connectivity index (χ4n) is 3.64. The molecule has 1 amide bonds. The highest BCUT2D eigenvalue weighted by Crippen LogP contribution is 2.25. The number of unbranched alkanes of at least 4 members (excludes halogenated alkanes) is 1. The minimum absolute atomic E-state index is 0.144. The minimum Gasteiger partial charge on any atom is -0.490 e. The SMILES string of the molecule is [2H]C(c1ccccc1OC(C)CCCCC(=O)O)N(C(=O)c1ccc(-c2ccco2)cc1)C(C)C. The van der Waals surface area contributed by atoms with Crippen molar-refractivity contribution < 1.29 is 25.2 Å². The summed E-state index contributed by atoms with van der Waals surface area (Å²) in [5.41, 5.74) is 1.98. The number of para-hydroxylation sites is 1. The Morgan fingerprint density at radius 3 is 2.41 bits per heavy atom. The van der Waals surface area contributed by atoms with Gasteiger partial charge in [-0.25, -0.2) is 0 Å². The van der Waals surface area contributed by atoms with Crippen molar-refractivity contribution in [1.82, 2.24) is 4.90 Å². The Bertz CT molecular complexity index is 1090. The van der Waals surface area contributed by atoms with E-state index >= 15 is 0 Å². The second-order valence-electron chi connectivity index (χ2n) is 8.60. The number of rotatable bonds is 12. The third-order valence-corrected chi connectivity index (χ3v) is 5.51. The van der Waals surface area contributed by atoms with Crippen LogP contribution in [0.1, 0.15) is 63.7 Å². The van der Waals surface area contributed by atoms with Gasteiger partial charge in [0.2, 0.25) is 0 Å². The Morgan fingerprint density at radius 2 is 1.76 bits per heavy atom. The molecule has 0 spiro atoms. The third kappa shape index (κ3) is 6.98. The van der Waals surface area contributed by atoms with Crippen LogP contribution in [-0.2, 0) is 11.3 Å². The van der Waals surface area contributed by atoms with Gasteiger partial charge in [-0.2, -0.15) is 0 Å². The van der Waals surface area contributed by atoms with E-state index in [1.165, 1.54) is 0 Å². The molecule has 2 aromatic carbocycles. The van der Waals surface area contributed by atoms with Gasteiger partial charge < -0.3 is 19.2 Å². The lowest BCUT2D eigenvalue weighted by molar-refractivity contribution is -0.137. The molecule has 6 nitrogen and oxygen atoms in total. The summed E-state index contributed by atoms with van der Waals surface area (Å²) in [7, 11) is 0. The number of ether oxygens (including phenoxy) is 1. The average Bonchev–Trinajstić information content (AvgIpc) is 3.37. The van der Waals surface area contributed by atoms with Crippen LogP contribution < -0.4 is 4.74 Å². The summed E-state index contributed by atoms with van der Waals surface area (Å²) >= 11 is 0. The molecule has 0 aliphatic carbocycles. The van der Waals surface area contributed by atoms with Crippen LogP contribution >= 0.6 is 0 Å². The van der Waals surface area contributed by atoms with Gasteiger partial charge in [-0.15, -0.1) is 0 Å². The van der Waals surface area contributed by atoms with Gasteiger partial charge in [-0.05, 0) is 70.4 Å². The molecule has 2 atom stereocenters. The molecule has 3 rings (SSSR count). The highest BCUT2D eigenvalue weighted by molar-refractivity contribution is 5.94. The molecule has 3 aromatic rings. The Morgan fingerprint density at radius 1 is 1.03 bits per heavy atom. The van der Waals surface area contributed by atoms with Gasteiger partial charge in [0, 0.05) is 35.7 Å². The van der Waals surface area contributed by atoms with Crippen molar-refractivity contribution in [2.24, 2.45) is 0 Å². The lowest BCUT2D eigenvalue weighted by Gasteiger charge is -2.28. The van der Waals surface area contributed by atoms with Gasteiger partial charge in [-0.3, -0.25) is 9.59 Å². The maximum atomic E-state index is 13.5. The van der Waals surface area contributed by atoms with Gasteiger partial charge in [0.15, 0.2) is 0 Å². The van der Waals surface area contributed by atoms with Crippen LogP contribution in [0.25, 0.3) is 11.3 Å². The largest absolute Gasteiger partial charge is 0.490 e. The Labute approximate surface area is 202 Å². The van der Waals surface area contributed by atoms with E-state index in [4.69, 9.17) is 15.6 Å². The summed E-state index contributed by atoms with van der Waals surface area (Å²) in [6.45, 7) is 4.77. The minimum atomic E-state index is -0.956. The maximum Gasteiger partial charge on any atom is 0.303 e. The number of amides is 1. The lowest BCUT2D eigenvalue weighted by Crippen LogP contribution is -2.36.